The van der Waals surface area contributed by atoms with E-state index in [0.29, 0.717) is 0 Å². The summed E-state index contributed by atoms with van der Waals surface area (Å²) in [5, 5.41) is 3.37. The molecule has 1 heterocycles. The number of aromatic nitrogens is 2. The van der Waals surface area contributed by atoms with Crippen LogP contribution in [0.4, 0.5) is 13.2 Å². The Morgan fingerprint density at radius 2 is 2.17 bits per heavy atom. The van der Waals surface area contributed by atoms with Crippen molar-refractivity contribution in [1.82, 2.24) is 9.78 Å². The van der Waals surface area contributed by atoms with Crippen molar-refractivity contribution >= 4 is 22.6 Å². The zero-order valence-electron chi connectivity index (χ0n) is 6.14. The fraction of sp³-hybridized carbons (Fsp3) is 0.500. The maximum Gasteiger partial charge on any atom is 0.435 e. The fourth-order valence-electron chi connectivity index (χ4n) is 0.687. The highest BCUT2D eigenvalue weighted by molar-refractivity contribution is 14.1. The van der Waals surface area contributed by atoms with Crippen molar-refractivity contribution < 1.29 is 13.2 Å². The molecule has 0 bridgehead atoms. The molecule has 1 rings (SSSR count). The number of halogens is 4. The second-order valence-corrected chi connectivity index (χ2v) is 4.06. The van der Waals surface area contributed by atoms with Gasteiger partial charge in [-0.3, -0.25) is 4.68 Å². The van der Waals surface area contributed by atoms with E-state index in [-0.39, 0.29) is 4.05 Å². The van der Waals surface area contributed by atoms with Crippen LogP contribution < -0.4 is 0 Å². The Morgan fingerprint density at radius 1 is 1.58 bits per heavy atom. The van der Waals surface area contributed by atoms with E-state index in [0.717, 1.165) is 6.07 Å². The van der Waals surface area contributed by atoms with Gasteiger partial charge in [-0.05, 0) is 13.0 Å². The lowest BCUT2D eigenvalue weighted by Gasteiger charge is -2.03. The Kier molecular flexibility index (Phi) is 2.64. The van der Waals surface area contributed by atoms with Crippen LogP contribution in [0.5, 0.6) is 0 Å². The molecule has 0 N–H and O–H groups in total. The van der Waals surface area contributed by atoms with Crippen LogP contribution in [-0.2, 0) is 6.18 Å². The lowest BCUT2D eigenvalue weighted by Crippen LogP contribution is -2.08. The minimum Gasteiger partial charge on any atom is -0.260 e. The van der Waals surface area contributed by atoms with E-state index in [1.54, 1.807) is 6.92 Å². The van der Waals surface area contributed by atoms with Gasteiger partial charge in [0.05, 0.1) is 0 Å². The molecule has 0 saturated heterocycles. The van der Waals surface area contributed by atoms with Crippen molar-refractivity contribution in [3.05, 3.63) is 18.0 Å². The Bertz CT molecular complexity index is 266. The van der Waals surface area contributed by atoms with Gasteiger partial charge in [0.1, 0.15) is 4.05 Å². The molecule has 0 aromatic carbocycles. The van der Waals surface area contributed by atoms with E-state index >= 15 is 0 Å². The maximum absolute atomic E-state index is 12.0. The Hall–Kier alpha value is -0.270. The van der Waals surface area contributed by atoms with Gasteiger partial charge in [-0.25, -0.2) is 0 Å². The van der Waals surface area contributed by atoms with Gasteiger partial charge in [0, 0.05) is 6.20 Å². The van der Waals surface area contributed by atoms with Crippen LogP contribution in [0, 0.1) is 0 Å². The van der Waals surface area contributed by atoms with Crippen LogP contribution in [-0.4, -0.2) is 9.78 Å². The highest BCUT2D eigenvalue weighted by Gasteiger charge is 2.33. The minimum absolute atomic E-state index is 0.0706. The Labute approximate surface area is 80.9 Å². The second kappa shape index (κ2) is 3.23. The largest absolute Gasteiger partial charge is 0.435 e. The summed E-state index contributed by atoms with van der Waals surface area (Å²) < 4.78 is 37.2. The van der Waals surface area contributed by atoms with Gasteiger partial charge in [0.15, 0.2) is 5.69 Å². The van der Waals surface area contributed by atoms with Crippen LogP contribution in [0.1, 0.15) is 16.7 Å². The van der Waals surface area contributed by atoms with Gasteiger partial charge < -0.3 is 0 Å². The molecule has 0 aliphatic heterocycles. The lowest BCUT2D eigenvalue weighted by molar-refractivity contribution is -0.141. The summed E-state index contributed by atoms with van der Waals surface area (Å²) in [6.07, 6.45) is -3.02. The molecule has 0 spiro atoms. The summed E-state index contributed by atoms with van der Waals surface area (Å²) in [6.45, 7) is 1.76. The van der Waals surface area contributed by atoms with Gasteiger partial charge in [-0.1, -0.05) is 22.6 Å². The Morgan fingerprint density at radius 3 is 2.42 bits per heavy atom. The predicted molar refractivity (Wildman–Crippen MR) is 46.0 cm³/mol. The summed E-state index contributed by atoms with van der Waals surface area (Å²) >= 11 is 1.98. The molecule has 1 unspecified atom stereocenters. The van der Waals surface area contributed by atoms with Crippen molar-refractivity contribution in [1.29, 1.82) is 0 Å². The van der Waals surface area contributed by atoms with E-state index in [1.165, 1.54) is 10.9 Å². The minimum atomic E-state index is -4.34. The van der Waals surface area contributed by atoms with Gasteiger partial charge in [-0.15, -0.1) is 0 Å². The van der Waals surface area contributed by atoms with Gasteiger partial charge in [0.2, 0.25) is 0 Å². The monoisotopic (exact) mass is 290 g/mol. The maximum atomic E-state index is 12.0. The number of hydrogen-bond acceptors (Lipinski definition) is 1. The van der Waals surface area contributed by atoms with Gasteiger partial charge in [0.25, 0.3) is 0 Å². The van der Waals surface area contributed by atoms with Gasteiger partial charge in [-0.2, -0.15) is 18.3 Å². The molecule has 1 aromatic rings. The first-order valence-corrected chi connectivity index (χ1v) is 4.42. The molecule has 0 radical (unpaired) electrons. The first kappa shape index (κ1) is 9.82. The number of alkyl halides is 4. The molecule has 0 saturated carbocycles. The molecule has 6 heteroatoms. The lowest BCUT2D eigenvalue weighted by atomic mass is 10.4. The highest BCUT2D eigenvalue weighted by atomic mass is 127. The zero-order chi connectivity index (χ0) is 9.35. The normalized spacial score (nSPS) is 14.8. The molecule has 0 aliphatic rings. The summed E-state index contributed by atoms with van der Waals surface area (Å²) in [4.78, 5) is 0. The molecular formula is C6H6F3IN2. The standard InChI is InChI=1S/C6H6F3IN2/c1-4(10)12-3-2-5(11-12)6(7,8)9/h2-4H,1H3. The fourth-order valence-corrected chi connectivity index (χ4v) is 0.998. The third kappa shape index (κ3) is 2.11. The SMILES string of the molecule is CC(I)n1ccc(C(F)(F)F)n1. The van der Waals surface area contributed by atoms with Crippen molar-refractivity contribution in [2.24, 2.45) is 0 Å². The third-order valence-electron chi connectivity index (χ3n) is 1.26. The van der Waals surface area contributed by atoms with E-state index in [1.807, 2.05) is 22.6 Å². The van der Waals surface area contributed by atoms with Crippen molar-refractivity contribution in [3.63, 3.8) is 0 Å². The summed E-state index contributed by atoms with van der Waals surface area (Å²) in [5.74, 6) is 0. The number of nitrogens with zero attached hydrogens (tertiary/aromatic N) is 2. The number of hydrogen-bond donors (Lipinski definition) is 0. The summed E-state index contributed by atoms with van der Waals surface area (Å²) in [5.41, 5.74) is -0.842. The second-order valence-electron chi connectivity index (χ2n) is 2.25. The van der Waals surface area contributed by atoms with Crippen LogP contribution in [0.15, 0.2) is 12.3 Å². The quantitative estimate of drug-likeness (QED) is 0.574. The van der Waals surface area contributed by atoms with Crippen LogP contribution in [0.3, 0.4) is 0 Å². The predicted octanol–water partition coefficient (Wildman–Crippen LogP) is 2.86. The number of rotatable bonds is 1. The first-order valence-electron chi connectivity index (χ1n) is 3.17. The molecule has 0 aliphatic carbocycles. The molecule has 2 nitrogen and oxygen atoms in total. The molecule has 1 aromatic heterocycles. The first-order chi connectivity index (χ1) is 5.41. The van der Waals surface area contributed by atoms with Crippen LogP contribution >= 0.6 is 22.6 Å². The van der Waals surface area contributed by atoms with E-state index in [9.17, 15) is 13.2 Å². The van der Waals surface area contributed by atoms with E-state index in [2.05, 4.69) is 5.10 Å². The third-order valence-corrected chi connectivity index (χ3v) is 1.83. The van der Waals surface area contributed by atoms with Gasteiger partial charge >= 0.3 is 6.18 Å². The van der Waals surface area contributed by atoms with Crippen molar-refractivity contribution in [2.75, 3.05) is 0 Å². The van der Waals surface area contributed by atoms with E-state index in [4.69, 9.17) is 0 Å². The molecule has 0 fully saturated rings. The van der Waals surface area contributed by atoms with E-state index < -0.39 is 11.9 Å². The molecule has 68 valence electrons. The average Bonchev–Trinajstić information content (AvgIpc) is 2.30. The van der Waals surface area contributed by atoms with Crippen LogP contribution in [0.25, 0.3) is 0 Å². The molecule has 0 amide bonds. The molecule has 1 atom stereocenters. The highest BCUT2D eigenvalue weighted by Crippen LogP contribution is 2.28. The van der Waals surface area contributed by atoms with Crippen molar-refractivity contribution in [2.45, 2.75) is 17.1 Å². The van der Waals surface area contributed by atoms with Crippen molar-refractivity contribution in [3.8, 4) is 0 Å². The summed E-state index contributed by atoms with van der Waals surface area (Å²) in [6, 6.07) is 0.967. The summed E-state index contributed by atoms with van der Waals surface area (Å²) in [7, 11) is 0. The zero-order valence-corrected chi connectivity index (χ0v) is 8.30. The van der Waals surface area contributed by atoms with Crippen LogP contribution in [0.2, 0.25) is 0 Å². The average molecular weight is 290 g/mol. The Balaban J connectivity index is 2.92. The smallest absolute Gasteiger partial charge is 0.260 e. The molecular weight excluding hydrogens is 284 g/mol. The molecule has 12 heavy (non-hydrogen) atoms. The topological polar surface area (TPSA) is 17.8 Å².